The largest absolute Gasteiger partial charge is 0.394 e. The molecule has 0 aromatic carbocycles. The van der Waals surface area contributed by atoms with Crippen molar-refractivity contribution in [1.82, 2.24) is 9.88 Å². The Morgan fingerprint density at radius 3 is 3.06 bits per heavy atom. The maximum Gasteiger partial charge on any atom is 0.256 e. The molecule has 1 aliphatic rings. The van der Waals surface area contributed by atoms with Crippen molar-refractivity contribution in [2.24, 2.45) is 0 Å². The first-order valence-corrected chi connectivity index (χ1v) is 5.81. The molecule has 1 aliphatic heterocycles. The summed E-state index contributed by atoms with van der Waals surface area (Å²) in [6.45, 7) is 4.69. The second-order valence-corrected chi connectivity index (χ2v) is 4.46. The lowest BCUT2D eigenvalue weighted by atomic mass is 10.1. The van der Waals surface area contributed by atoms with Crippen molar-refractivity contribution in [2.75, 3.05) is 19.8 Å². The number of hydrogen-bond donors (Lipinski definition) is 2. The van der Waals surface area contributed by atoms with Crippen LogP contribution in [-0.2, 0) is 4.74 Å². The number of aromatic nitrogens is 1. The lowest BCUT2D eigenvalue weighted by Gasteiger charge is -2.37. The van der Waals surface area contributed by atoms with Crippen LogP contribution in [0, 0.1) is 6.92 Å². The summed E-state index contributed by atoms with van der Waals surface area (Å²) < 4.78 is 5.42. The fourth-order valence-electron chi connectivity index (χ4n) is 2.05. The third-order valence-corrected chi connectivity index (χ3v) is 3.15. The Balaban J connectivity index is 2.15. The number of aryl methyl sites for hydroxylation is 1. The molecule has 0 bridgehead atoms. The van der Waals surface area contributed by atoms with Gasteiger partial charge in [-0.15, -0.1) is 0 Å². The fourth-order valence-corrected chi connectivity index (χ4v) is 2.05. The molecule has 2 atom stereocenters. The number of rotatable bonds is 2. The molecule has 2 unspecified atom stereocenters. The predicted octanol–water partition coefficient (Wildman–Crippen LogP) is 0.545. The van der Waals surface area contributed by atoms with E-state index in [1.165, 1.54) is 0 Å². The predicted molar refractivity (Wildman–Crippen MR) is 62.9 cm³/mol. The summed E-state index contributed by atoms with van der Waals surface area (Å²) in [6.07, 6.45) is 1.49. The highest BCUT2D eigenvalue weighted by Crippen LogP contribution is 2.17. The van der Waals surface area contributed by atoms with Crippen molar-refractivity contribution in [2.45, 2.75) is 26.0 Å². The third-order valence-electron chi connectivity index (χ3n) is 3.15. The van der Waals surface area contributed by atoms with Crippen molar-refractivity contribution in [3.63, 3.8) is 0 Å². The van der Waals surface area contributed by atoms with Gasteiger partial charge in [0.1, 0.15) is 0 Å². The van der Waals surface area contributed by atoms with Crippen LogP contribution in [-0.4, -0.2) is 52.8 Å². The number of H-pyrrole nitrogens is 1. The second kappa shape index (κ2) is 4.89. The zero-order chi connectivity index (χ0) is 12.4. The highest BCUT2D eigenvalue weighted by atomic mass is 16.5. The van der Waals surface area contributed by atoms with Gasteiger partial charge in [-0.2, -0.15) is 0 Å². The van der Waals surface area contributed by atoms with Crippen LogP contribution in [0.3, 0.4) is 0 Å². The van der Waals surface area contributed by atoms with Gasteiger partial charge in [0.15, 0.2) is 0 Å². The van der Waals surface area contributed by atoms with Crippen molar-refractivity contribution in [3.05, 3.63) is 23.5 Å². The molecule has 94 valence electrons. The van der Waals surface area contributed by atoms with Crippen LogP contribution in [0.25, 0.3) is 0 Å². The maximum absolute atomic E-state index is 12.3. The van der Waals surface area contributed by atoms with Crippen LogP contribution < -0.4 is 0 Å². The molecule has 2 N–H and O–H groups in total. The van der Waals surface area contributed by atoms with E-state index in [0.29, 0.717) is 18.7 Å². The molecule has 0 aliphatic carbocycles. The van der Waals surface area contributed by atoms with Crippen LogP contribution in [0.4, 0.5) is 0 Å². The van der Waals surface area contributed by atoms with E-state index in [2.05, 4.69) is 4.98 Å². The van der Waals surface area contributed by atoms with E-state index in [1.807, 2.05) is 13.8 Å². The number of amides is 1. The van der Waals surface area contributed by atoms with Gasteiger partial charge in [0.25, 0.3) is 5.91 Å². The topological polar surface area (TPSA) is 65.6 Å². The number of nitrogens with one attached hydrogen (secondary N) is 1. The minimum absolute atomic E-state index is 0.00185. The van der Waals surface area contributed by atoms with E-state index in [1.54, 1.807) is 17.2 Å². The summed E-state index contributed by atoms with van der Waals surface area (Å²) in [5.74, 6) is -0.00185. The van der Waals surface area contributed by atoms with Gasteiger partial charge in [0, 0.05) is 18.4 Å². The maximum atomic E-state index is 12.3. The molecule has 1 aromatic heterocycles. The lowest BCUT2D eigenvalue weighted by molar-refractivity contribution is -0.0667. The van der Waals surface area contributed by atoms with E-state index in [0.717, 1.165) is 5.69 Å². The number of aromatic amines is 1. The minimum atomic E-state index is -0.269. The van der Waals surface area contributed by atoms with Gasteiger partial charge in [-0.25, -0.2) is 0 Å². The average molecular weight is 238 g/mol. The average Bonchev–Trinajstić information content (AvgIpc) is 2.75. The van der Waals surface area contributed by atoms with Crippen molar-refractivity contribution in [3.8, 4) is 0 Å². The quantitative estimate of drug-likeness (QED) is 0.790. The second-order valence-electron chi connectivity index (χ2n) is 4.46. The highest BCUT2D eigenvalue weighted by molar-refractivity contribution is 5.95. The molecule has 1 saturated heterocycles. The summed E-state index contributed by atoms with van der Waals surface area (Å²) in [4.78, 5) is 17.1. The van der Waals surface area contributed by atoms with Crippen molar-refractivity contribution >= 4 is 5.91 Å². The summed E-state index contributed by atoms with van der Waals surface area (Å²) in [5, 5.41) is 9.09. The molecule has 5 heteroatoms. The molecule has 0 radical (unpaired) electrons. The number of morpholine rings is 1. The number of aliphatic hydroxyl groups excluding tert-OH is 1. The van der Waals surface area contributed by atoms with Crippen LogP contribution in [0.1, 0.15) is 23.0 Å². The molecule has 5 nitrogen and oxygen atoms in total. The molecule has 17 heavy (non-hydrogen) atoms. The van der Waals surface area contributed by atoms with E-state index in [9.17, 15) is 4.79 Å². The van der Waals surface area contributed by atoms with Gasteiger partial charge < -0.3 is 19.7 Å². The van der Waals surface area contributed by atoms with Crippen LogP contribution in [0.5, 0.6) is 0 Å². The van der Waals surface area contributed by atoms with E-state index < -0.39 is 0 Å². The summed E-state index contributed by atoms with van der Waals surface area (Å²) in [6, 6.07) is 1.83. The standard InChI is InChI=1S/C12H18N2O3/c1-8-7-17-10(6-15)5-14(8)12(16)11-3-4-13-9(11)2/h3-4,8,10,13,15H,5-7H2,1-2H3. The monoisotopic (exact) mass is 238 g/mol. The Morgan fingerprint density at radius 2 is 2.47 bits per heavy atom. The van der Waals surface area contributed by atoms with Crippen molar-refractivity contribution < 1.29 is 14.6 Å². The van der Waals surface area contributed by atoms with Crippen LogP contribution in [0.15, 0.2) is 12.3 Å². The zero-order valence-corrected chi connectivity index (χ0v) is 10.1. The summed E-state index contributed by atoms with van der Waals surface area (Å²) in [5.41, 5.74) is 1.56. The van der Waals surface area contributed by atoms with Crippen molar-refractivity contribution in [1.29, 1.82) is 0 Å². The number of carbonyl (C=O) groups excluding carboxylic acids is 1. The number of ether oxygens (including phenoxy) is 1. The lowest BCUT2D eigenvalue weighted by Crippen LogP contribution is -2.52. The van der Waals surface area contributed by atoms with Crippen LogP contribution in [0.2, 0.25) is 0 Å². The van der Waals surface area contributed by atoms with Gasteiger partial charge in [-0.1, -0.05) is 0 Å². The van der Waals surface area contributed by atoms with Crippen LogP contribution >= 0.6 is 0 Å². The first-order chi connectivity index (χ1) is 8.13. The smallest absolute Gasteiger partial charge is 0.256 e. The molecule has 1 amide bonds. The first-order valence-electron chi connectivity index (χ1n) is 5.81. The van der Waals surface area contributed by atoms with E-state index in [-0.39, 0.29) is 24.7 Å². The third kappa shape index (κ3) is 2.35. The fraction of sp³-hybridized carbons (Fsp3) is 0.583. The molecule has 1 fully saturated rings. The Labute approximate surface area is 100 Å². The Kier molecular flexibility index (Phi) is 3.49. The zero-order valence-electron chi connectivity index (χ0n) is 10.1. The summed E-state index contributed by atoms with van der Waals surface area (Å²) >= 11 is 0. The van der Waals surface area contributed by atoms with Gasteiger partial charge in [0.2, 0.25) is 0 Å². The van der Waals surface area contributed by atoms with E-state index >= 15 is 0 Å². The Morgan fingerprint density at radius 1 is 1.71 bits per heavy atom. The number of aliphatic hydroxyl groups is 1. The molecule has 2 heterocycles. The minimum Gasteiger partial charge on any atom is -0.394 e. The molecule has 0 spiro atoms. The number of carbonyl (C=O) groups is 1. The molecular formula is C12H18N2O3. The van der Waals surface area contributed by atoms with Gasteiger partial charge in [-0.05, 0) is 19.9 Å². The number of hydrogen-bond acceptors (Lipinski definition) is 3. The first kappa shape index (κ1) is 12.1. The molecule has 1 aromatic rings. The van der Waals surface area contributed by atoms with Gasteiger partial charge in [0.05, 0.1) is 30.9 Å². The van der Waals surface area contributed by atoms with Gasteiger partial charge >= 0.3 is 0 Å². The van der Waals surface area contributed by atoms with Gasteiger partial charge in [-0.3, -0.25) is 4.79 Å². The molecular weight excluding hydrogens is 220 g/mol. The molecule has 0 saturated carbocycles. The Hall–Kier alpha value is -1.33. The SMILES string of the molecule is Cc1[nH]ccc1C(=O)N1CC(CO)OCC1C. The summed E-state index contributed by atoms with van der Waals surface area (Å²) in [7, 11) is 0. The highest BCUT2D eigenvalue weighted by Gasteiger charge is 2.30. The van der Waals surface area contributed by atoms with E-state index in [4.69, 9.17) is 9.84 Å². The Bertz CT molecular complexity index is 402. The normalized spacial score (nSPS) is 25.0. The number of nitrogens with zero attached hydrogens (tertiary/aromatic N) is 1. The molecule has 2 rings (SSSR count).